The molecule has 0 spiro atoms. The largest absolute Gasteiger partial charge is 0.378 e. The second-order valence-corrected chi connectivity index (χ2v) is 6.30. The fourth-order valence-corrected chi connectivity index (χ4v) is 3.49. The molecule has 20 heavy (non-hydrogen) atoms. The minimum atomic E-state index is 0.317. The Bertz CT molecular complexity index is 398. The lowest BCUT2D eigenvalue weighted by molar-refractivity contribution is -0.0293. The molecule has 1 aromatic rings. The molecule has 1 atom stereocenters. The molecular weight excluding hydrogens is 320 g/mol. The van der Waals surface area contributed by atoms with Gasteiger partial charge in [0.05, 0.1) is 17.8 Å². The maximum Gasteiger partial charge on any atom is 0.153 e. The van der Waals surface area contributed by atoms with Gasteiger partial charge in [-0.2, -0.15) is 0 Å². The topological polar surface area (TPSA) is 52.0 Å². The summed E-state index contributed by atoms with van der Waals surface area (Å²) in [6.45, 7) is 6.10. The highest BCUT2D eigenvalue weighted by atomic mass is 79.9. The first kappa shape index (κ1) is 15.9. The van der Waals surface area contributed by atoms with E-state index >= 15 is 0 Å². The van der Waals surface area contributed by atoms with E-state index in [1.165, 1.54) is 12.8 Å². The van der Waals surface area contributed by atoms with Crippen LogP contribution in [-0.2, 0) is 11.8 Å². The summed E-state index contributed by atoms with van der Waals surface area (Å²) in [6, 6.07) is 0.317. The Morgan fingerprint density at radius 3 is 2.75 bits per heavy atom. The van der Waals surface area contributed by atoms with Gasteiger partial charge in [-0.1, -0.05) is 12.1 Å². The van der Waals surface area contributed by atoms with Crippen LogP contribution in [0.3, 0.4) is 0 Å². The van der Waals surface area contributed by atoms with Crippen LogP contribution in [0.15, 0.2) is 4.60 Å². The van der Waals surface area contributed by atoms with Crippen molar-refractivity contribution in [2.24, 2.45) is 13.0 Å². The van der Waals surface area contributed by atoms with Gasteiger partial charge >= 0.3 is 0 Å². The van der Waals surface area contributed by atoms with Gasteiger partial charge in [-0.3, -0.25) is 0 Å². The monoisotopic (exact) mass is 344 g/mol. The Kier molecular flexibility index (Phi) is 5.99. The van der Waals surface area contributed by atoms with E-state index in [4.69, 9.17) is 4.74 Å². The van der Waals surface area contributed by atoms with E-state index in [9.17, 15) is 0 Å². The first-order chi connectivity index (χ1) is 9.65. The summed E-state index contributed by atoms with van der Waals surface area (Å²) in [5.74, 6) is 0.739. The lowest BCUT2D eigenvalue weighted by Crippen LogP contribution is -2.35. The molecule has 1 aliphatic carbocycles. The van der Waals surface area contributed by atoms with Crippen molar-refractivity contribution in [2.45, 2.75) is 51.7 Å². The van der Waals surface area contributed by atoms with Crippen LogP contribution in [0.1, 0.15) is 51.3 Å². The molecule has 1 heterocycles. The van der Waals surface area contributed by atoms with E-state index in [0.29, 0.717) is 12.1 Å². The molecule has 6 heteroatoms. The molecule has 0 aliphatic heterocycles. The predicted octanol–water partition coefficient (Wildman–Crippen LogP) is 2.82. The van der Waals surface area contributed by atoms with Crippen molar-refractivity contribution < 1.29 is 4.74 Å². The van der Waals surface area contributed by atoms with Crippen LogP contribution in [0.4, 0.5) is 0 Å². The normalized spacial score (nSPS) is 23.6. The van der Waals surface area contributed by atoms with Gasteiger partial charge in [0.1, 0.15) is 0 Å². The standard InChI is InChI=1S/C14H25BrN4O/c1-4-6-16-12(13-14(15)17-18-19(13)3)9-10-7-11(8-10)20-5-2/h10-12,16H,4-9H2,1-3H3. The Morgan fingerprint density at radius 2 is 2.20 bits per heavy atom. The molecule has 1 saturated carbocycles. The molecule has 0 radical (unpaired) electrons. The molecule has 2 rings (SSSR count). The van der Waals surface area contributed by atoms with E-state index < -0.39 is 0 Å². The lowest BCUT2D eigenvalue weighted by atomic mass is 9.77. The first-order valence-corrected chi connectivity index (χ1v) is 8.35. The number of aryl methyl sites for hydroxylation is 1. The van der Waals surface area contributed by atoms with Crippen LogP contribution in [0.5, 0.6) is 0 Å². The van der Waals surface area contributed by atoms with E-state index in [1.54, 1.807) is 0 Å². The molecule has 0 amide bonds. The molecule has 0 bridgehead atoms. The third-order valence-electron chi connectivity index (χ3n) is 3.96. The van der Waals surface area contributed by atoms with Crippen molar-refractivity contribution >= 4 is 15.9 Å². The minimum absolute atomic E-state index is 0.317. The average Bonchev–Trinajstić information content (AvgIpc) is 2.71. The van der Waals surface area contributed by atoms with Crippen LogP contribution < -0.4 is 5.32 Å². The second-order valence-electron chi connectivity index (χ2n) is 5.55. The Labute approximate surface area is 129 Å². The van der Waals surface area contributed by atoms with Crippen LogP contribution >= 0.6 is 15.9 Å². The highest BCUT2D eigenvalue weighted by Crippen LogP contribution is 2.37. The summed E-state index contributed by atoms with van der Waals surface area (Å²) in [7, 11) is 1.96. The Morgan fingerprint density at radius 1 is 1.45 bits per heavy atom. The number of nitrogens with one attached hydrogen (secondary N) is 1. The van der Waals surface area contributed by atoms with Gasteiger partial charge in [-0.05, 0) is 61.0 Å². The summed E-state index contributed by atoms with van der Waals surface area (Å²) < 4.78 is 8.38. The van der Waals surface area contributed by atoms with Gasteiger partial charge < -0.3 is 10.1 Å². The van der Waals surface area contributed by atoms with Crippen molar-refractivity contribution in [3.05, 3.63) is 10.3 Å². The highest BCUT2D eigenvalue weighted by molar-refractivity contribution is 9.10. The number of ether oxygens (including phenoxy) is 1. The van der Waals surface area contributed by atoms with E-state index in [1.807, 2.05) is 11.7 Å². The Hall–Kier alpha value is -0.460. The van der Waals surface area contributed by atoms with Crippen molar-refractivity contribution in [2.75, 3.05) is 13.2 Å². The van der Waals surface area contributed by atoms with Gasteiger partial charge in [0.15, 0.2) is 4.60 Å². The second kappa shape index (κ2) is 7.52. The quantitative estimate of drug-likeness (QED) is 0.787. The first-order valence-electron chi connectivity index (χ1n) is 7.55. The summed E-state index contributed by atoms with van der Waals surface area (Å²) in [6.07, 6.45) is 5.10. The number of rotatable bonds is 8. The molecule has 0 aromatic carbocycles. The molecule has 1 aromatic heterocycles. The zero-order valence-electron chi connectivity index (χ0n) is 12.6. The van der Waals surface area contributed by atoms with Gasteiger partial charge in [-0.15, -0.1) is 5.10 Å². The SMILES string of the molecule is CCCNC(CC1CC(OCC)C1)c1c(Br)nnn1C. The molecule has 5 nitrogen and oxygen atoms in total. The fourth-order valence-electron chi connectivity index (χ4n) is 2.89. The van der Waals surface area contributed by atoms with Gasteiger partial charge in [0.25, 0.3) is 0 Å². The molecule has 0 saturated heterocycles. The third kappa shape index (κ3) is 3.80. The maximum absolute atomic E-state index is 5.65. The fraction of sp³-hybridized carbons (Fsp3) is 0.857. The van der Waals surface area contributed by atoms with Crippen molar-refractivity contribution in [3.8, 4) is 0 Å². The highest BCUT2D eigenvalue weighted by Gasteiger charge is 2.33. The molecule has 114 valence electrons. The summed E-state index contributed by atoms with van der Waals surface area (Å²) >= 11 is 3.52. The smallest absolute Gasteiger partial charge is 0.153 e. The van der Waals surface area contributed by atoms with Crippen molar-refractivity contribution in [3.63, 3.8) is 0 Å². The van der Waals surface area contributed by atoms with Gasteiger partial charge in [0.2, 0.25) is 0 Å². The number of hydrogen-bond donors (Lipinski definition) is 1. The number of aromatic nitrogens is 3. The zero-order chi connectivity index (χ0) is 14.5. The van der Waals surface area contributed by atoms with E-state index in [-0.39, 0.29) is 0 Å². The van der Waals surface area contributed by atoms with Crippen LogP contribution in [0, 0.1) is 5.92 Å². The summed E-state index contributed by atoms with van der Waals surface area (Å²) in [4.78, 5) is 0. The molecular formula is C14H25BrN4O. The summed E-state index contributed by atoms with van der Waals surface area (Å²) in [5, 5.41) is 11.8. The van der Waals surface area contributed by atoms with E-state index in [2.05, 4.69) is 45.4 Å². The number of nitrogens with zero attached hydrogens (tertiary/aromatic N) is 3. The van der Waals surface area contributed by atoms with Crippen LogP contribution in [0.2, 0.25) is 0 Å². The number of hydrogen-bond acceptors (Lipinski definition) is 4. The number of halogens is 1. The van der Waals surface area contributed by atoms with Gasteiger partial charge in [0, 0.05) is 13.7 Å². The summed E-state index contributed by atoms with van der Waals surface area (Å²) in [5.41, 5.74) is 1.15. The van der Waals surface area contributed by atoms with Gasteiger partial charge in [-0.25, -0.2) is 4.68 Å². The Balaban J connectivity index is 1.95. The molecule has 1 unspecified atom stereocenters. The molecule has 1 aliphatic rings. The lowest BCUT2D eigenvalue weighted by Gasteiger charge is -2.37. The third-order valence-corrected chi connectivity index (χ3v) is 4.53. The van der Waals surface area contributed by atoms with E-state index in [0.717, 1.165) is 42.2 Å². The zero-order valence-corrected chi connectivity index (χ0v) is 14.2. The van der Waals surface area contributed by atoms with Crippen LogP contribution in [-0.4, -0.2) is 34.2 Å². The van der Waals surface area contributed by atoms with Crippen molar-refractivity contribution in [1.82, 2.24) is 20.3 Å². The molecule has 1 N–H and O–H groups in total. The molecule has 1 fully saturated rings. The van der Waals surface area contributed by atoms with Crippen molar-refractivity contribution in [1.29, 1.82) is 0 Å². The average molecular weight is 345 g/mol. The predicted molar refractivity (Wildman–Crippen MR) is 82.5 cm³/mol. The minimum Gasteiger partial charge on any atom is -0.378 e. The van der Waals surface area contributed by atoms with Crippen LogP contribution in [0.25, 0.3) is 0 Å². The maximum atomic E-state index is 5.65.